The second-order valence-corrected chi connectivity index (χ2v) is 2.40. The highest BCUT2D eigenvalue weighted by atomic mass is 19.1. The highest BCUT2D eigenvalue weighted by Gasteiger charge is 2.12. The van der Waals surface area contributed by atoms with Crippen LogP contribution in [0.4, 0.5) is 4.39 Å². The zero-order valence-corrected chi connectivity index (χ0v) is 5.31. The van der Waals surface area contributed by atoms with E-state index in [1.54, 1.807) is 0 Å². The van der Waals surface area contributed by atoms with Crippen molar-refractivity contribution in [3.05, 3.63) is 11.6 Å². The Balaban J connectivity index is 2.27. The zero-order valence-electron chi connectivity index (χ0n) is 5.31. The van der Waals surface area contributed by atoms with Crippen LogP contribution in [0.2, 0.25) is 0 Å². The molecule has 1 nitrogen and oxygen atoms in total. The molecule has 0 aliphatic heterocycles. The number of alkyl halides is 1. The highest BCUT2D eigenvalue weighted by molar-refractivity contribution is 5.10. The SMILES string of the molecule is OC1CC=C(CCF)C1. The van der Waals surface area contributed by atoms with Gasteiger partial charge in [0, 0.05) is 0 Å². The summed E-state index contributed by atoms with van der Waals surface area (Å²) < 4.78 is 11.6. The molecular weight excluding hydrogens is 119 g/mol. The first-order valence-corrected chi connectivity index (χ1v) is 3.25. The molecule has 52 valence electrons. The fourth-order valence-electron chi connectivity index (χ4n) is 1.10. The predicted octanol–water partition coefficient (Wildman–Crippen LogP) is 1.43. The Labute approximate surface area is 54.2 Å². The van der Waals surface area contributed by atoms with Crippen molar-refractivity contribution in [1.29, 1.82) is 0 Å². The molecule has 0 aromatic carbocycles. The monoisotopic (exact) mass is 130 g/mol. The summed E-state index contributed by atoms with van der Waals surface area (Å²) in [5.41, 5.74) is 1.07. The maximum Gasteiger partial charge on any atom is 0.0931 e. The van der Waals surface area contributed by atoms with Crippen molar-refractivity contribution in [3.8, 4) is 0 Å². The summed E-state index contributed by atoms with van der Waals surface area (Å²) in [7, 11) is 0. The number of hydrogen-bond acceptors (Lipinski definition) is 1. The molecule has 0 spiro atoms. The molecule has 0 saturated carbocycles. The number of aliphatic hydroxyl groups is 1. The molecule has 0 radical (unpaired) electrons. The second-order valence-electron chi connectivity index (χ2n) is 2.40. The van der Waals surface area contributed by atoms with Crippen LogP contribution in [0.3, 0.4) is 0 Å². The van der Waals surface area contributed by atoms with E-state index in [0.29, 0.717) is 12.8 Å². The van der Waals surface area contributed by atoms with Crippen molar-refractivity contribution in [1.82, 2.24) is 0 Å². The summed E-state index contributed by atoms with van der Waals surface area (Å²) in [6.07, 6.45) is 3.62. The minimum Gasteiger partial charge on any atom is -0.392 e. The largest absolute Gasteiger partial charge is 0.392 e. The maximum absolute atomic E-state index is 11.6. The van der Waals surface area contributed by atoms with E-state index in [9.17, 15) is 4.39 Å². The number of hydrogen-bond donors (Lipinski definition) is 1. The average Bonchev–Trinajstić information content (AvgIpc) is 2.17. The number of rotatable bonds is 2. The molecule has 1 N–H and O–H groups in total. The molecule has 0 amide bonds. The molecule has 9 heavy (non-hydrogen) atoms. The molecule has 1 aliphatic rings. The lowest BCUT2D eigenvalue weighted by Crippen LogP contribution is -1.98. The van der Waals surface area contributed by atoms with Gasteiger partial charge in [0.25, 0.3) is 0 Å². The summed E-state index contributed by atoms with van der Waals surface area (Å²) in [4.78, 5) is 0. The average molecular weight is 130 g/mol. The van der Waals surface area contributed by atoms with Gasteiger partial charge in [-0.25, -0.2) is 0 Å². The Morgan fingerprint density at radius 3 is 3.00 bits per heavy atom. The van der Waals surface area contributed by atoms with E-state index in [2.05, 4.69) is 0 Å². The van der Waals surface area contributed by atoms with Crippen molar-refractivity contribution in [2.24, 2.45) is 0 Å². The summed E-state index contributed by atoms with van der Waals surface area (Å²) in [6.45, 7) is -0.293. The van der Waals surface area contributed by atoms with Crippen molar-refractivity contribution >= 4 is 0 Å². The molecule has 1 aliphatic carbocycles. The van der Waals surface area contributed by atoms with E-state index in [4.69, 9.17) is 5.11 Å². The van der Waals surface area contributed by atoms with Gasteiger partial charge in [0.05, 0.1) is 12.8 Å². The van der Waals surface area contributed by atoms with Gasteiger partial charge in [0.2, 0.25) is 0 Å². The van der Waals surface area contributed by atoms with Crippen LogP contribution in [-0.2, 0) is 0 Å². The van der Waals surface area contributed by atoms with Crippen LogP contribution in [0.5, 0.6) is 0 Å². The summed E-state index contributed by atoms with van der Waals surface area (Å²) in [5.74, 6) is 0. The van der Waals surface area contributed by atoms with Crippen LogP contribution in [0.25, 0.3) is 0 Å². The van der Waals surface area contributed by atoms with Gasteiger partial charge in [-0.3, -0.25) is 4.39 Å². The first-order chi connectivity index (χ1) is 4.33. The lowest BCUT2D eigenvalue weighted by atomic mass is 10.2. The van der Waals surface area contributed by atoms with Gasteiger partial charge in [0.15, 0.2) is 0 Å². The second kappa shape index (κ2) is 2.97. The molecule has 1 atom stereocenters. The number of aliphatic hydroxyl groups excluding tert-OH is 1. The van der Waals surface area contributed by atoms with Crippen LogP contribution in [-0.4, -0.2) is 17.9 Å². The molecule has 0 bridgehead atoms. The van der Waals surface area contributed by atoms with Gasteiger partial charge < -0.3 is 5.11 Å². The number of halogens is 1. The highest BCUT2D eigenvalue weighted by Crippen LogP contribution is 2.20. The normalized spacial score (nSPS) is 26.4. The first-order valence-electron chi connectivity index (χ1n) is 3.25. The van der Waals surface area contributed by atoms with Crippen LogP contribution >= 0.6 is 0 Å². The van der Waals surface area contributed by atoms with Gasteiger partial charge in [0.1, 0.15) is 0 Å². The van der Waals surface area contributed by atoms with E-state index in [0.717, 1.165) is 12.0 Å². The van der Waals surface area contributed by atoms with Crippen LogP contribution in [0, 0.1) is 0 Å². The van der Waals surface area contributed by atoms with Gasteiger partial charge in [-0.05, 0) is 19.3 Å². The molecule has 1 rings (SSSR count). The first kappa shape index (κ1) is 6.75. The fraction of sp³-hybridized carbons (Fsp3) is 0.714. The molecule has 0 heterocycles. The van der Waals surface area contributed by atoms with Gasteiger partial charge in [-0.2, -0.15) is 0 Å². The standard InChI is InChI=1S/C7H11FO/c8-4-3-6-1-2-7(9)5-6/h1,7,9H,2-5H2. The van der Waals surface area contributed by atoms with E-state index in [-0.39, 0.29) is 12.8 Å². The van der Waals surface area contributed by atoms with E-state index >= 15 is 0 Å². The van der Waals surface area contributed by atoms with Crippen molar-refractivity contribution < 1.29 is 9.50 Å². The minimum absolute atomic E-state index is 0.230. The summed E-state index contributed by atoms with van der Waals surface area (Å²) in [6, 6.07) is 0. The van der Waals surface area contributed by atoms with Crippen LogP contribution in [0.1, 0.15) is 19.3 Å². The molecule has 0 saturated heterocycles. The molecular formula is C7H11FO. The maximum atomic E-state index is 11.6. The van der Waals surface area contributed by atoms with Crippen LogP contribution < -0.4 is 0 Å². The Kier molecular flexibility index (Phi) is 2.22. The minimum atomic E-state index is -0.293. The Morgan fingerprint density at radius 2 is 2.56 bits per heavy atom. The summed E-state index contributed by atoms with van der Waals surface area (Å²) >= 11 is 0. The van der Waals surface area contributed by atoms with Crippen molar-refractivity contribution in [3.63, 3.8) is 0 Å². The van der Waals surface area contributed by atoms with Gasteiger partial charge >= 0.3 is 0 Å². The van der Waals surface area contributed by atoms with Crippen LogP contribution in [0.15, 0.2) is 11.6 Å². The van der Waals surface area contributed by atoms with E-state index < -0.39 is 0 Å². The lowest BCUT2D eigenvalue weighted by Gasteiger charge is -1.98. The third-order valence-electron chi connectivity index (χ3n) is 1.59. The summed E-state index contributed by atoms with van der Waals surface area (Å²) in [5, 5.41) is 8.95. The molecule has 2 heteroatoms. The van der Waals surface area contributed by atoms with Gasteiger partial charge in [-0.15, -0.1) is 0 Å². The molecule has 0 aromatic heterocycles. The Bertz CT molecular complexity index is 120. The van der Waals surface area contributed by atoms with E-state index in [1.165, 1.54) is 0 Å². The quantitative estimate of drug-likeness (QED) is 0.560. The zero-order chi connectivity index (χ0) is 6.69. The Morgan fingerprint density at radius 1 is 1.78 bits per heavy atom. The van der Waals surface area contributed by atoms with Crippen molar-refractivity contribution in [2.75, 3.05) is 6.67 Å². The third-order valence-corrected chi connectivity index (χ3v) is 1.59. The smallest absolute Gasteiger partial charge is 0.0931 e. The predicted molar refractivity (Wildman–Crippen MR) is 33.9 cm³/mol. The topological polar surface area (TPSA) is 20.2 Å². The lowest BCUT2D eigenvalue weighted by molar-refractivity contribution is 0.187. The third kappa shape index (κ3) is 1.79. The fourth-order valence-corrected chi connectivity index (χ4v) is 1.10. The van der Waals surface area contributed by atoms with Gasteiger partial charge in [-0.1, -0.05) is 11.6 Å². The molecule has 0 aromatic rings. The molecule has 0 fully saturated rings. The van der Waals surface area contributed by atoms with E-state index in [1.807, 2.05) is 6.08 Å². The van der Waals surface area contributed by atoms with Crippen molar-refractivity contribution in [2.45, 2.75) is 25.4 Å². The molecule has 1 unspecified atom stereocenters. The Hall–Kier alpha value is -0.370.